The predicted molar refractivity (Wildman–Crippen MR) is 86.2 cm³/mol. The fourth-order valence-corrected chi connectivity index (χ4v) is 2.93. The highest BCUT2D eigenvalue weighted by molar-refractivity contribution is 7.99. The van der Waals surface area contributed by atoms with Gasteiger partial charge in [0.2, 0.25) is 5.91 Å². The normalized spacial score (nSPS) is 10.4. The standard InChI is InChI=1S/C17H18FNOS/c1-2-19(14-8-4-3-5-9-14)17(20)12-13-21-16-11-7-6-10-15(16)18/h3-11H,2,12-13H2,1H3. The Kier molecular flexibility index (Phi) is 5.81. The second-order valence-corrected chi connectivity index (χ2v) is 5.64. The van der Waals surface area contributed by atoms with Crippen LogP contribution in [-0.4, -0.2) is 18.2 Å². The molecule has 0 aliphatic carbocycles. The molecule has 0 unspecified atom stereocenters. The number of carbonyl (C=O) groups excluding carboxylic acids is 1. The zero-order chi connectivity index (χ0) is 15.1. The van der Waals surface area contributed by atoms with E-state index in [-0.39, 0.29) is 11.7 Å². The third-order valence-corrected chi connectivity index (χ3v) is 4.15. The van der Waals surface area contributed by atoms with Crippen molar-refractivity contribution in [3.05, 3.63) is 60.4 Å². The molecule has 0 fully saturated rings. The number of nitrogens with zero attached hydrogens (tertiary/aromatic N) is 1. The minimum atomic E-state index is -0.231. The fourth-order valence-electron chi connectivity index (χ4n) is 2.06. The van der Waals surface area contributed by atoms with Gasteiger partial charge in [0.25, 0.3) is 0 Å². The molecule has 2 aromatic carbocycles. The van der Waals surface area contributed by atoms with E-state index in [1.54, 1.807) is 23.1 Å². The van der Waals surface area contributed by atoms with E-state index in [4.69, 9.17) is 0 Å². The van der Waals surface area contributed by atoms with Gasteiger partial charge in [-0.05, 0) is 31.2 Å². The molecule has 2 aromatic rings. The first-order valence-electron chi connectivity index (χ1n) is 6.95. The molecule has 0 heterocycles. The fraction of sp³-hybridized carbons (Fsp3) is 0.235. The molecule has 0 spiro atoms. The molecule has 0 aliphatic heterocycles. The highest BCUT2D eigenvalue weighted by Gasteiger charge is 2.13. The van der Waals surface area contributed by atoms with E-state index in [0.29, 0.717) is 23.6 Å². The maximum absolute atomic E-state index is 13.5. The van der Waals surface area contributed by atoms with Gasteiger partial charge in [-0.3, -0.25) is 4.79 Å². The Morgan fingerprint density at radius 1 is 1.10 bits per heavy atom. The molecule has 0 bridgehead atoms. The summed E-state index contributed by atoms with van der Waals surface area (Å²) in [5.74, 6) is 0.404. The van der Waals surface area contributed by atoms with Gasteiger partial charge in [0.15, 0.2) is 0 Å². The van der Waals surface area contributed by atoms with Gasteiger partial charge in [0.1, 0.15) is 5.82 Å². The summed E-state index contributed by atoms with van der Waals surface area (Å²) >= 11 is 1.38. The molecule has 0 aliphatic rings. The number of amides is 1. The average Bonchev–Trinajstić information content (AvgIpc) is 2.51. The molecule has 1 amide bonds. The Labute approximate surface area is 129 Å². The quantitative estimate of drug-likeness (QED) is 0.739. The van der Waals surface area contributed by atoms with E-state index < -0.39 is 0 Å². The number of anilines is 1. The van der Waals surface area contributed by atoms with Crippen molar-refractivity contribution in [3.63, 3.8) is 0 Å². The van der Waals surface area contributed by atoms with Crippen molar-refractivity contribution in [2.24, 2.45) is 0 Å². The summed E-state index contributed by atoms with van der Waals surface area (Å²) in [6.07, 6.45) is 0.391. The zero-order valence-electron chi connectivity index (χ0n) is 12.0. The van der Waals surface area contributed by atoms with Crippen molar-refractivity contribution in [2.75, 3.05) is 17.2 Å². The van der Waals surface area contributed by atoms with Crippen molar-refractivity contribution in [2.45, 2.75) is 18.2 Å². The van der Waals surface area contributed by atoms with E-state index in [0.717, 1.165) is 5.69 Å². The van der Waals surface area contributed by atoms with Crippen LogP contribution in [-0.2, 0) is 4.79 Å². The van der Waals surface area contributed by atoms with Crippen LogP contribution in [0, 0.1) is 5.82 Å². The van der Waals surface area contributed by atoms with E-state index >= 15 is 0 Å². The summed E-state index contributed by atoms with van der Waals surface area (Å²) < 4.78 is 13.5. The summed E-state index contributed by atoms with van der Waals surface area (Å²) in [5.41, 5.74) is 0.904. The van der Waals surface area contributed by atoms with Crippen LogP contribution in [0.1, 0.15) is 13.3 Å². The van der Waals surface area contributed by atoms with Crippen molar-refractivity contribution in [1.29, 1.82) is 0 Å². The number of carbonyl (C=O) groups is 1. The minimum absolute atomic E-state index is 0.0625. The van der Waals surface area contributed by atoms with Crippen molar-refractivity contribution < 1.29 is 9.18 Å². The number of hydrogen-bond acceptors (Lipinski definition) is 2. The van der Waals surface area contributed by atoms with Crippen LogP contribution in [0.5, 0.6) is 0 Å². The molecular weight excluding hydrogens is 285 g/mol. The summed E-state index contributed by atoms with van der Waals surface area (Å²) in [4.78, 5) is 14.6. The molecule has 2 nitrogen and oxygen atoms in total. The average molecular weight is 303 g/mol. The van der Waals surface area contributed by atoms with E-state index in [2.05, 4.69) is 0 Å². The zero-order valence-corrected chi connectivity index (χ0v) is 12.8. The topological polar surface area (TPSA) is 20.3 Å². The third kappa shape index (κ3) is 4.33. The van der Waals surface area contributed by atoms with Crippen molar-refractivity contribution in [3.8, 4) is 0 Å². The van der Waals surface area contributed by atoms with E-state index in [1.807, 2.05) is 37.3 Å². The third-order valence-electron chi connectivity index (χ3n) is 3.10. The molecule has 4 heteroatoms. The first-order valence-corrected chi connectivity index (χ1v) is 7.93. The smallest absolute Gasteiger partial charge is 0.227 e. The number of rotatable bonds is 6. The number of para-hydroxylation sites is 1. The lowest BCUT2D eigenvalue weighted by Gasteiger charge is -2.20. The highest BCUT2D eigenvalue weighted by atomic mass is 32.2. The van der Waals surface area contributed by atoms with Crippen LogP contribution in [0.25, 0.3) is 0 Å². The van der Waals surface area contributed by atoms with Gasteiger partial charge in [-0.1, -0.05) is 30.3 Å². The summed E-state index contributed by atoms with van der Waals surface area (Å²) in [6, 6.07) is 16.2. The number of thioether (sulfide) groups is 1. The monoisotopic (exact) mass is 303 g/mol. The second-order valence-electron chi connectivity index (χ2n) is 4.50. The van der Waals surface area contributed by atoms with E-state index in [9.17, 15) is 9.18 Å². The van der Waals surface area contributed by atoms with Gasteiger partial charge in [-0.2, -0.15) is 0 Å². The molecule has 0 atom stereocenters. The van der Waals surface area contributed by atoms with Gasteiger partial charge in [-0.25, -0.2) is 4.39 Å². The number of benzene rings is 2. The van der Waals surface area contributed by atoms with Crippen LogP contribution in [0.15, 0.2) is 59.5 Å². The molecule has 21 heavy (non-hydrogen) atoms. The first kappa shape index (κ1) is 15.6. The molecule has 2 rings (SSSR count). The largest absolute Gasteiger partial charge is 0.313 e. The van der Waals surface area contributed by atoms with Gasteiger partial charge < -0.3 is 4.90 Å². The van der Waals surface area contributed by atoms with Crippen LogP contribution < -0.4 is 4.90 Å². The van der Waals surface area contributed by atoms with Gasteiger partial charge in [0.05, 0.1) is 0 Å². The van der Waals surface area contributed by atoms with Gasteiger partial charge in [0, 0.05) is 29.3 Å². The van der Waals surface area contributed by atoms with Crippen molar-refractivity contribution in [1.82, 2.24) is 0 Å². The Balaban J connectivity index is 1.90. The Morgan fingerprint density at radius 3 is 2.43 bits per heavy atom. The van der Waals surface area contributed by atoms with Crippen LogP contribution in [0.4, 0.5) is 10.1 Å². The number of halogens is 1. The van der Waals surface area contributed by atoms with E-state index in [1.165, 1.54) is 17.8 Å². The molecule has 0 saturated heterocycles. The number of hydrogen-bond donors (Lipinski definition) is 0. The molecule has 110 valence electrons. The van der Waals surface area contributed by atoms with Crippen LogP contribution in [0.2, 0.25) is 0 Å². The van der Waals surface area contributed by atoms with Crippen LogP contribution >= 0.6 is 11.8 Å². The lowest BCUT2D eigenvalue weighted by Crippen LogP contribution is -2.30. The molecule has 0 saturated carbocycles. The molecule has 0 N–H and O–H groups in total. The minimum Gasteiger partial charge on any atom is -0.313 e. The summed E-state index contributed by atoms with van der Waals surface area (Å²) in [5, 5.41) is 0. The van der Waals surface area contributed by atoms with Crippen LogP contribution in [0.3, 0.4) is 0 Å². The first-order chi connectivity index (χ1) is 10.2. The molecule has 0 radical (unpaired) electrons. The SMILES string of the molecule is CCN(C(=O)CCSc1ccccc1F)c1ccccc1. The predicted octanol–water partition coefficient (Wildman–Crippen LogP) is 4.36. The summed E-state index contributed by atoms with van der Waals surface area (Å²) in [6.45, 7) is 2.59. The Morgan fingerprint density at radius 2 is 1.76 bits per heavy atom. The lowest BCUT2D eigenvalue weighted by atomic mass is 10.2. The molecule has 0 aromatic heterocycles. The second kappa shape index (κ2) is 7.84. The Hall–Kier alpha value is -1.81. The Bertz CT molecular complexity index is 588. The van der Waals surface area contributed by atoms with Crippen molar-refractivity contribution >= 4 is 23.4 Å². The summed E-state index contributed by atoms with van der Waals surface area (Å²) in [7, 11) is 0. The highest BCUT2D eigenvalue weighted by Crippen LogP contribution is 2.22. The molecular formula is C17H18FNOS. The van der Waals surface area contributed by atoms with Gasteiger partial charge >= 0.3 is 0 Å². The maximum Gasteiger partial charge on any atom is 0.227 e. The lowest BCUT2D eigenvalue weighted by molar-refractivity contribution is -0.118. The van der Waals surface area contributed by atoms with Gasteiger partial charge in [-0.15, -0.1) is 11.8 Å². The maximum atomic E-state index is 13.5.